The van der Waals surface area contributed by atoms with Crippen LogP contribution in [0.3, 0.4) is 0 Å². The summed E-state index contributed by atoms with van der Waals surface area (Å²) in [4.78, 5) is 0. The molecule has 0 aliphatic rings. The van der Waals surface area contributed by atoms with Crippen molar-refractivity contribution in [1.29, 1.82) is 0 Å². The summed E-state index contributed by atoms with van der Waals surface area (Å²) in [6, 6.07) is 6.48. The van der Waals surface area contributed by atoms with Crippen LogP contribution in [-0.4, -0.2) is 19.3 Å². The average Bonchev–Trinajstić information content (AvgIpc) is 2.23. The standard InChI is InChI=1S/C14H23NO/c1-11-6-7-12(2)13(10-11)15-9-8-14(3,4)16-5/h6-7,10,15H,8-9H2,1-5H3. The van der Waals surface area contributed by atoms with Gasteiger partial charge in [-0.3, -0.25) is 0 Å². The molecule has 0 radical (unpaired) electrons. The van der Waals surface area contributed by atoms with Crippen LogP contribution in [0.2, 0.25) is 0 Å². The fourth-order valence-electron chi connectivity index (χ4n) is 1.53. The molecule has 0 aliphatic carbocycles. The summed E-state index contributed by atoms with van der Waals surface area (Å²) in [5.74, 6) is 0. The smallest absolute Gasteiger partial charge is 0.0639 e. The number of methoxy groups -OCH3 is 1. The summed E-state index contributed by atoms with van der Waals surface area (Å²) in [5.41, 5.74) is 3.76. The number of hydrogen-bond donors (Lipinski definition) is 1. The maximum Gasteiger partial charge on any atom is 0.0639 e. The third kappa shape index (κ3) is 3.86. The molecule has 0 fully saturated rings. The third-order valence-corrected chi connectivity index (χ3v) is 2.99. The second-order valence-corrected chi connectivity index (χ2v) is 4.96. The van der Waals surface area contributed by atoms with E-state index in [0.717, 1.165) is 13.0 Å². The molecular weight excluding hydrogens is 198 g/mol. The van der Waals surface area contributed by atoms with Crippen LogP contribution >= 0.6 is 0 Å². The molecule has 0 spiro atoms. The lowest BCUT2D eigenvalue weighted by molar-refractivity contribution is 0.0185. The van der Waals surface area contributed by atoms with Crippen LogP contribution in [0.1, 0.15) is 31.4 Å². The van der Waals surface area contributed by atoms with Crippen molar-refractivity contribution in [2.75, 3.05) is 19.0 Å². The van der Waals surface area contributed by atoms with Gasteiger partial charge in [0.1, 0.15) is 0 Å². The van der Waals surface area contributed by atoms with Gasteiger partial charge in [-0.15, -0.1) is 0 Å². The Hall–Kier alpha value is -1.02. The third-order valence-electron chi connectivity index (χ3n) is 2.99. The van der Waals surface area contributed by atoms with Crippen molar-refractivity contribution in [2.24, 2.45) is 0 Å². The van der Waals surface area contributed by atoms with Crippen LogP contribution in [0.4, 0.5) is 5.69 Å². The first-order chi connectivity index (χ1) is 7.44. The monoisotopic (exact) mass is 221 g/mol. The van der Waals surface area contributed by atoms with Gasteiger partial charge >= 0.3 is 0 Å². The molecule has 2 heteroatoms. The summed E-state index contributed by atoms with van der Waals surface area (Å²) < 4.78 is 5.39. The SMILES string of the molecule is COC(C)(C)CCNc1cc(C)ccc1C. The summed E-state index contributed by atoms with van der Waals surface area (Å²) in [7, 11) is 1.76. The molecule has 16 heavy (non-hydrogen) atoms. The first-order valence-corrected chi connectivity index (χ1v) is 5.81. The Labute approximate surface area is 99.0 Å². The van der Waals surface area contributed by atoms with Gasteiger partial charge in [-0.1, -0.05) is 12.1 Å². The van der Waals surface area contributed by atoms with Gasteiger partial charge in [-0.05, 0) is 51.3 Å². The molecule has 0 bridgehead atoms. The second kappa shape index (κ2) is 5.35. The van der Waals surface area contributed by atoms with Gasteiger partial charge in [0.2, 0.25) is 0 Å². The first-order valence-electron chi connectivity index (χ1n) is 5.81. The van der Waals surface area contributed by atoms with E-state index in [9.17, 15) is 0 Å². The molecule has 0 aromatic heterocycles. The minimum absolute atomic E-state index is 0.0509. The van der Waals surface area contributed by atoms with Crippen LogP contribution in [0.25, 0.3) is 0 Å². The highest BCUT2D eigenvalue weighted by atomic mass is 16.5. The second-order valence-electron chi connectivity index (χ2n) is 4.96. The van der Waals surface area contributed by atoms with Gasteiger partial charge in [-0.25, -0.2) is 0 Å². The van der Waals surface area contributed by atoms with Crippen molar-refractivity contribution in [3.63, 3.8) is 0 Å². The Morgan fingerprint density at radius 2 is 1.94 bits per heavy atom. The van der Waals surface area contributed by atoms with Gasteiger partial charge in [0.05, 0.1) is 5.60 Å². The lowest BCUT2D eigenvalue weighted by atomic mass is 10.0. The van der Waals surface area contributed by atoms with Gasteiger partial charge in [0, 0.05) is 19.3 Å². The fraction of sp³-hybridized carbons (Fsp3) is 0.571. The zero-order valence-electron chi connectivity index (χ0n) is 11.1. The molecule has 0 saturated carbocycles. The van der Waals surface area contributed by atoms with Crippen molar-refractivity contribution in [3.05, 3.63) is 29.3 Å². The number of aryl methyl sites for hydroxylation is 2. The van der Waals surface area contributed by atoms with Gasteiger partial charge < -0.3 is 10.1 Å². The zero-order chi connectivity index (χ0) is 12.2. The number of rotatable bonds is 5. The molecule has 0 saturated heterocycles. The number of anilines is 1. The van der Waals surface area contributed by atoms with Gasteiger partial charge in [0.25, 0.3) is 0 Å². The van der Waals surface area contributed by atoms with Crippen molar-refractivity contribution in [3.8, 4) is 0 Å². The maximum atomic E-state index is 5.39. The van der Waals surface area contributed by atoms with Crippen molar-refractivity contribution >= 4 is 5.69 Å². The van der Waals surface area contributed by atoms with E-state index in [1.807, 2.05) is 0 Å². The molecule has 0 atom stereocenters. The molecule has 0 unspecified atom stereocenters. The van der Waals surface area contributed by atoms with E-state index in [1.165, 1.54) is 16.8 Å². The lowest BCUT2D eigenvalue weighted by Crippen LogP contribution is -2.25. The Bertz CT molecular complexity index is 345. The van der Waals surface area contributed by atoms with Crippen molar-refractivity contribution in [2.45, 2.75) is 39.7 Å². The molecule has 0 heterocycles. The Morgan fingerprint density at radius 3 is 2.56 bits per heavy atom. The normalized spacial score (nSPS) is 11.6. The van der Waals surface area contributed by atoms with E-state index in [4.69, 9.17) is 4.74 Å². The molecule has 0 amide bonds. The van der Waals surface area contributed by atoms with E-state index >= 15 is 0 Å². The minimum atomic E-state index is -0.0509. The Kier molecular flexibility index (Phi) is 4.36. The summed E-state index contributed by atoms with van der Waals surface area (Å²) in [6.45, 7) is 9.40. The predicted molar refractivity (Wildman–Crippen MR) is 70.1 cm³/mol. The molecule has 1 N–H and O–H groups in total. The lowest BCUT2D eigenvalue weighted by Gasteiger charge is -2.23. The quantitative estimate of drug-likeness (QED) is 0.821. The Morgan fingerprint density at radius 1 is 1.25 bits per heavy atom. The van der Waals surface area contributed by atoms with E-state index < -0.39 is 0 Å². The summed E-state index contributed by atoms with van der Waals surface area (Å²) >= 11 is 0. The number of hydrogen-bond acceptors (Lipinski definition) is 2. The predicted octanol–water partition coefficient (Wildman–Crippen LogP) is 3.53. The van der Waals surface area contributed by atoms with Crippen LogP contribution in [-0.2, 0) is 4.74 Å². The first kappa shape index (κ1) is 13.0. The summed E-state index contributed by atoms with van der Waals surface area (Å²) in [6.07, 6.45) is 0.997. The van der Waals surface area contributed by atoms with Crippen molar-refractivity contribution in [1.82, 2.24) is 0 Å². The fourth-order valence-corrected chi connectivity index (χ4v) is 1.53. The number of nitrogens with one attached hydrogen (secondary N) is 1. The van der Waals surface area contributed by atoms with E-state index in [1.54, 1.807) is 7.11 Å². The topological polar surface area (TPSA) is 21.3 Å². The summed E-state index contributed by atoms with van der Waals surface area (Å²) in [5, 5.41) is 3.46. The molecular formula is C14H23NO. The highest BCUT2D eigenvalue weighted by Crippen LogP contribution is 2.18. The molecule has 1 aromatic rings. The highest BCUT2D eigenvalue weighted by molar-refractivity contribution is 5.52. The Balaban J connectivity index is 2.52. The van der Waals surface area contributed by atoms with Crippen LogP contribution < -0.4 is 5.32 Å². The molecule has 1 aromatic carbocycles. The largest absolute Gasteiger partial charge is 0.385 e. The van der Waals surface area contributed by atoms with Crippen LogP contribution in [0, 0.1) is 13.8 Å². The molecule has 0 aliphatic heterocycles. The molecule has 90 valence electrons. The van der Waals surface area contributed by atoms with Crippen LogP contribution in [0.5, 0.6) is 0 Å². The van der Waals surface area contributed by atoms with Crippen LogP contribution in [0.15, 0.2) is 18.2 Å². The van der Waals surface area contributed by atoms with Gasteiger partial charge in [-0.2, -0.15) is 0 Å². The maximum absolute atomic E-state index is 5.39. The average molecular weight is 221 g/mol. The van der Waals surface area contributed by atoms with Gasteiger partial charge in [0.15, 0.2) is 0 Å². The zero-order valence-corrected chi connectivity index (χ0v) is 11.1. The number of benzene rings is 1. The van der Waals surface area contributed by atoms with Crippen molar-refractivity contribution < 1.29 is 4.74 Å². The van der Waals surface area contributed by atoms with E-state index in [0.29, 0.717) is 0 Å². The molecule has 1 rings (SSSR count). The van der Waals surface area contributed by atoms with E-state index in [-0.39, 0.29) is 5.60 Å². The van der Waals surface area contributed by atoms with E-state index in [2.05, 4.69) is 51.2 Å². The highest BCUT2D eigenvalue weighted by Gasteiger charge is 2.15. The molecule has 2 nitrogen and oxygen atoms in total. The minimum Gasteiger partial charge on any atom is -0.385 e. The number of ether oxygens (including phenoxy) is 1.